The van der Waals surface area contributed by atoms with Crippen molar-refractivity contribution in [2.75, 3.05) is 6.61 Å². The SMILES string of the molecule is CCOC(=O)Cc1cc(-c2cccc3ccccc23)c2nc(-c3nn[nH]n3)ccc2c1. The standard InChI is InChI=1S/C24H19N5O2/c1-2-31-22(30)14-15-12-17-10-11-21(24-26-28-29-27-24)25-23(17)20(13-15)19-9-5-7-16-6-3-4-8-18(16)19/h3-13H,2,14H2,1H3,(H,26,27,28,29). The van der Waals surface area contributed by atoms with E-state index in [1.165, 1.54) is 0 Å². The molecule has 5 aromatic rings. The molecule has 152 valence electrons. The number of tetrazole rings is 1. The van der Waals surface area contributed by atoms with Crippen molar-refractivity contribution >= 4 is 27.6 Å². The van der Waals surface area contributed by atoms with Crippen molar-refractivity contribution in [2.24, 2.45) is 0 Å². The zero-order valence-corrected chi connectivity index (χ0v) is 16.9. The number of H-pyrrole nitrogens is 1. The number of hydrogen-bond acceptors (Lipinski definition) is 6. The summed E-state index contributed by atoms with van der Waals surface area (Å²) in [4.78, 5) is 17.0. The van der Waals surface area contributed by atoms with E-state index >= 15 is 0 Å². The fourth-order valence-electron chi connectivity index (χ4n) is 3.84. The molecule has 1 N–H and O–H groups in total. The molecule has 0 aliphatic rings. The summed E-state index contributed by atoms with van der Waals surface area (Å²) in [5, 5.41) is 17.4. The fraction of sp³-hybridized carbons (Fsp3) is 0.125. The van der Waals surface area contributed by atoms with Gasteiger partial charge in [-0.25, -0.2) is 4.98 Å². The lowest BCUT2D eigenvalue weighted by Gasteiger charge is -2.13. The average Bonchev–Trinajstić information content (AvgIpc) is 3.33. The molecule has 0 spiro atoms. The molecule has 31 heavy (non-hydrogen) atoms. The lowest BCUT2D eigenvalue weighted by Crippen LogP contribution is -2.07. The molecule has 0 saturated carbocycles. The van der Waals surface area contributed by atoms with Gasteiger partial charge < -0.3 is 4.74 Å². The van der Waals surface area contributed by atoms with Gasteiger partial charge in [-0.1, -0.05) is 48.5 Å². The molecule has 7 heteroatoms. The number of carbonyl (C=O) groups is 1. The summed E-state index contributed by atoms with van der Waals surface area (Å²) in [6, 6.07) is 22.2. The highest BCUT2D eigenvalue weighted by molar-refractivity contribution is 6.04. The van der Waals surface area contributed by atoms with Gasteiger partial charge in [-0.05, 0) is 52.2 Å². The third kappa shape index (κ3) is 3.61. The molecule has 3 aromatic carbocycles. The predicted octanol–water partition coefficient (Wildman–Crippen LogP) is 4.34. The van der Waals surface area contributed by atoms with Gasteiger partial charge in [-0.3, -0.25) is 4.79 Å². The van der Waals surface area contributed by atoms with E-state index < -0.39 is 0 Å². The Morgan fingerprint density at radius 2 is 1.84 bits per heavy atom. The number of ether oxygens (including phenoxy) is 1. The molecule has 0 aliphatic heterocycles. The Kier molecular flexibility index (Phi) is 4.84. The largest absolute Gasteiger partial charge is 0.466 e. The maximum absolute atomic E-state index is 12.2. The summed E-state index contributed by atoms with van der Waals surface area (Å²) in [7, 11) is 0. The van der Waals surface area contributed by atoms with Crippen LogP contribution in [0.1, 0.15) is 12.5 Å². The van der Waals surface area contributed by atoms with Gasteiger partial charge in [0, 0.05) is 10.9 Å². The van der Waals surface area contributed by atoms with Crippen LogP contribution in [0.5, 0.6) is 0 Å². The fourth-order valence-corrected chi connectivity index (χ4v) is 3.84. The monoisotopic (exact) mass is 409 g/mol. The number of esters is 1. The molecule has 0 amide bonds. The highest BCUT2D eigenvalue weighted by Crippen LogP contribution is 2.35. The zero-order valence-electron chi connectivity index (χ0n) is 16.9. The molecule has 2 aromatic heterocycles. The van der Waals surface area contributed by atoms with Gasteiger partial charge in [-0.15, -0.1) is 10.2 Å². The molecule has 0 saturated heterocycles. The summed E-state index contributed by atoms with van der Waals surface area (Å²) < 4.78 is 5.16. The van der Waals surface area contributed by atoms with Gasteiger partial charge in [0.2, 0.25) is 5.82 Å². The Labute approximate surface area is 178 Å². The highest BCUT2D eigenvalue weighted by atomic mass is 16.5. The smallest absolute Gasteiger partial charge is 0.310 e. The first-order valence-corrected chi connectivity index (χ1v) is 10.0. The number of nitrogens with zero attached hydrogens (tertiary/aromatic N) is 4. The van der Waals surface area contributed by atoms with Crippen LogP contribution in [0.4, 0.5) is 0 Å². The van der Waals surface area contributed by atoms with Gasteiger partial charge in [-0.2, -0.15) is 5.21 Å². The zero-order chi connectivity index (χ0) is 21.2. The van der Waals surface area contributed by atoms with Crippen LogP contribution >= 0.6 is 0 Å². The topological polar surface area (TPSA) is 93.6 Å². The minimum atomic E-state index is -0.248. The van der Waals surface area contributed by atoms with Crippen LogP contribution in [0.25, 0.3) is 44.3 Å². The molecular formula is C24H19N5O2. The average molecular weight is 409 g/mol. The van der Waals surface area contributed by atoms with Gasteiger partial charge in [0.15, 0.2) is 0 Å². The third-order valence-corrected chi connectivity index (χ3v) is 5.16. The van der Waals surface area contributed by atoms with Crippen molar-refractivity contribution < 1.29 is 9.53 Å². The first-order chi connectivity index (χ1) is 15.2. The number of benzene rings is 3. The Morgan fingerprint density at radius 1 is 0.968 bits per heavy atom. The second kappa shape index (κ2) is 7.95. The first kappa shape index (κ1) is 18.9. The first-order valence-electron chi connectivity index (χ1n) is 10.0. The van der Waals surface area contributed by atoms with Crippen molar-refractivity contribution in [1.29, 1.82) is 0 Å². The van der Waals surface area contributed by atoms with E-state index in [2.05, 4.69) is 44.9 Å². The van der Waals surface area contributed by atoms with Crippen LogP contribution in [0.3, 0.4) is 0 Å². The number of rotatable bonds is 5. The molecule has 0 unspecified atom stereocenters. The molecule has 0 radical (unpaired) electrons. The van der Waals surface area contributed by atoms with Gasteiger partial charge in [0.25, 0.3) is 0 Å². The summed E-state index contributed by atoms with van der Waals surface area (Å²) >= 11 is 0. The number of carbonyl (C=O) groups excluding carboxylic acids is 1. The second-order valence-electron chi connectivity index (χ2n) is 7.16. The van der Waals surface area contributed by atoms with Crippen LogP contribution in [0.15, 0.2) is 66.7 Å². The highest BCUT2D eigenvalue weighted by Gasteiger charge is 2.15. The van der Waals surface area contributed by atoms with Crippen LogP contribution < -0.4 is 0 Å². The maximum atomic E-state index is 12.2. The van der Waals surface area contributed by atoms with E-state index in [4.69, 9.17) is 9.72 Å². The van der Waals surface area contributed by atoms with E-state index in [0.29, 0.717) is 18.1 Å². The molecule has 5 rings (SSSR count). The van der Waals surface area contributed by atoms with Crippen LogP contribution in [0, 0.1) is 0 Å². The van der Waals surface area contributed by atoms with E-state index in [1.54, 1.807) is 0 Å². The number of aromatic nitrogens is 5. The quantitative estimate of drug-likeness (QED) is 0.434. The summed E-state index contributed by atoms with van der Waals surface area (Å²) in [6.45, 7) is 2.17. The lowest BCUT2D eigenvalue weighted by atomic mass is 9.93. The molecule has 0 bridgehead atoms. The Morgan fingerprint density at radius 3 is 2.68 bits per heavy atom. The summed E-state index contributed by atoms with van der Waals surface area (Å²) in [6.07, 6.45) is 0.203. The minimum absolute atomic E-state index is 0.203. The molecule has 0 aliphatic carbocycles. The van der Waals surface area contributed by atoms with E-state index in [0.717, 1.165) is 38.4 Å². The van der Waals surface area contributed by atoms with E-state index in [1.807, 2.05) is 49.4 Å². The lowest BCUT2D eigenvalue weighted by molar-refractivity contribution is -0.142. The van der Waals surface area contributed by atoms with Crippen LogP contribution in [0.2, 0.25) is 0 Å². The van der Waals surface area contributed by atoms with E-state index in [-0.39, 0.29) is 12.4 Å². The Balaban J connectivity index is 1.76. The van der Waals surface area contributed by atoms with Crippen molar-refractivity contribution in [3.05, 3.63) is 72.3 Å². The Hall–Kier alpha value is -4.13. The number of hydrogen-bond donors (Lipinski definition) is 1. The molecule has 2 heterocycles. The minimum Gasteiger partial charge on any atom is -0.466 e. The number of nitrogens with one attached hydrogen (secondary N) is 1. The predicted molar refractivity (Wildman–Crippen MR) is 118 cm³/mol. The number of pyridine rings is 1. The molecule has 0 atom stereocenters. The summed E-state index contributed by atoms with van der Waals surface area (Å²) in [5.41, 5.74) is 4.31. The third-order valence-electron chi connectivity index (χ3n) is 5.16. The van der Waals surface area contributed by atoms with Crippen LogP contribution in [-0.2, 0) is 16.0 Å². The van der Waals surface area contributed by atoms with Crippen molar-refractivity contribution in [1.82, 2.24) is 25.6 Å². The van der Waals surface area contributed by atoms with Gasteiger partial charge >= 0.3 is 5.97 Å². The van der Waals surface area contributed by atoms with Crippen molar-refractivity contribution in [3.63, 3.8) is 0 Å². The maximum Gasteiger partial charge on any atom is 0.310 e. The van der Waals surface area contributed by atoms with E-state index in [9.17, 15) is 4.79 Å². The van der Waals surface area contributed by atoms with Gasteiger partial charge in [0.1, 0.15) is 5.69 Å². The molecule has 7 nitrogen and oxygen atoms in total. The number of aromatic amines is 1. The van der Waals surface area contributed by atoms with Crippen LogP contribution in [-0.4, -0.2) is 38.2 Å². The number of fused-ring (bicyclic) bond motifs is 2. The molecule has 0 fully saturated rings. The summed E-state index contributed by atoms with van der Waals surface area (Å²) in [5.74, 6) is 0.184. The normalized spacial score (nSPS) is 11.1. The van der Waals surface area contributed by atoms with Crippen molar-refractivity contribution in [2.45, 2.75) is 13.3 Å². The second-order valence-corrected chi connectivity index (χ2v) is 7.16. The Bertz CT molecular complexity index is 1390. The van der Waals surface area contributed by atoms with Gasteiger partial charge in [0.05, 0.1) is 18.5 Å². The molecular weight excluding hydrogens is 390 g/mol. The van der Waals surface area contributed by atoms with Crippen molar-refractivity contribution in [3.8, 4) is 22.6 Å².